The highest BCUT2D eigenvalue weighted by molar-refractivity contribution is 9.10. The number of aromatic nitrogens is 2. The number of rotatable bonds is 3. The fraction of sp³-hybridized carbons (Fsp3) is 0.556. The predicted molar refractivity (Wildman–Crippen MR) is 58.0 cm³/mol. The van der Waals surface area contributed by atoms with Crippen molar-refractivity contribution >= 4 is 21.7 Å². The minimum Gasteiger partial charge on any atom is -0.370 e. The summed E-state index contributed by atoms with van der Waals surface area (Å²) in [5.41, 5.74) is 0. The molecule has 0 amide bonds. The van der Waals surface area contributed by atoms with Crippen LogP contribution in [0.2, 0.25) is 0 Å². The molecule has 0 aliphatic rings. The maximum atomic E-state index is 4.37. The van der Waals surface area contributed by atoms with Gasteiger partial charge in [0.25, 0.3) is 0 Å². The predicted octanol–water partition coefficient (Wildman–Crippen LogP) is 2.79. The van der Waals surface area contributed by atoms with Crippen molar-refractivity contribution in [2.75, 3.05) is 11.9 Å². The zero-order valence-electron chi connectivity index (χ0n) is 8.13. The summed E-state index contributed by atoms with van der Waals surface area (Å²) in [6.07, 6.45) is 0. The summed E-state index contributed by atoms with van der Waals surface area (Å²) in [7, 11) is 0. The lowest BCUT2D eigenvalue weighted by Crippen LogP contribution is -2.04. The molecule has 72 valence electrons. The molecular weight excluding hydrogens is 230 g/mol. The number of hydrogen-bond acceptors (Lipinski definition) is 3. The van der Waals surface area contributed by atoms with E-state index in [1.807, 2.05) is 13.0 Å². The molecule has 0 aliphatic carbocycles. The number of nitrogens with zero attached hydrogens (tertiary/aromatic N) is 2. The van der Waals surface area contributed by atoms with Crippen LogP contribution >= 0.6 is 15.9 Å². The molecule has 0 saturated carbocycles. The molecule has 3 nitrogen and oxygen atoms in total. The van der Waals surface area contributed by atoms with Crippen molar-refractivity contribution in [1.82, 2.24) is 9.97 Å². The Morgan fingerprint density at radius 3 is 2.69 bits per heavy atom. The molecule has 0 bridgehead atoms. The largest absolute Gasteiger partial charge is 0.370 e. The van der Waals surface area contributed by atoms with Crippen molar-refractivity contribution in [3.05, 3.63) is 16.5 Å². The molecule has 1 heterocycles. The first-order chi connectivity index (χ1) is 6.13. The van der Waals surface area contributed by atoms with Crippen LogP contribution in [0.3, 0.4) is 0 Å². The van der Waals surface area contributed by atoms with Crippen LogP contribution < -0.4 is 5.32 Å². The van der Waals surface area contributed by atoms with Gasteiger partial charge in [-0.1, -0.05) is 13.8 Å². The van der Waals surface area contributed by atoms with E-state index in [9.17, 15) is 0 Å². The van der Waals surface area contributed by atoms with Crippen LogP contribution in [0.4, 0.5) is 5.82 Å². The van der Waals surface area contributed by atoms with Crippen LogP contribution in [-0.4, -0.2) is 16.5 Å². The Bertz CT molecular complexity index is 286. The third-order valence-corrected chi connectivity index (χ3v) is 1.99. The molecule has 0 unspecified atom stereocenters. The molecule has 0 aliphatic heterocycles. The van der Waals surface area contributed by atoms with Gasteiger partial charge in [0.2, 0.25) is 0 Å². The fourth-order valence-electron chi connectivity index (χ4n) is 0.965. The van der Waals surface area contributed by atoms with E-state index in [1.54, 1.807) is 0 Å². The molecule has 0 aromatic carbocycles. The quantitative estimate of drug-likeness (QED) is 0.831. The number of anilines is 1. The van der Waals surface area contributed by atoms with Crippen molar-refractivity contribution in [1.29, 1.82) is 0 Å². The first-order valence-electron chi connectivity index (χ1n) is 4.41. The van der Waals surface area contributed by atoms with Gasteiger partial charge in [0.1, 0.15) is 16.2 Å². The fourth-order valence-corrected chi connectivity index (χ4v) is 1.36. The summed E-state index contributed by atoms with van der Waals surface area (Å²) < 4.78 is 0.835. The van der Waals surface area contributed by atoms with Crippen molar-refractivity contribution in [2.24, 2.45) is 0 Å². The van der Waals surface area contributed by atoms with Gasteiger partial charge in [0.05, 0.1) is 0 Å². The van der Waals surface area contributed by atoms with Crippen LogP contribution in [-0.2, 0) is 0 Å². The van der Waals surface area contributed by atoms with E-state index in [1.165, 1.54) is 0 Å². The van der Waals surface area contributed by atoms with E-state index in [2.05, 4.69) is 45.1 Å². The van der Waals surface area contributed by atoms with E-state index >= 15 is 0 Å². The molecule has 4 heteroatoms. The second kappa shape index (κ2) is 4.56. The molecule has 0 radical (unpaired) electrons. The van der Waals surface area contributed by atoms with E-state index in [0.29, 0.717) is 5.92 Å². The third-order valence-electron chi connectivity index (χ3n) is 1.59. The number of hydrogen-bond donors (Lipinski definition) is 1. The second-order valence-electron chi connectivity index (χ2n) is 3.12. The van der Waals surface area contributed by atoms with Gasteiger partial charge in [-0.05, 0) is 22.9 Å². The Morgan fingerprint density at radius 2 is 2.15 bits per heavy atom. The first-order valence-corrected chi connectivity index (χ1v) is 5.21. The average molecular weight is 244 g/mol. The van der Waals surface area contributed by atoms with Crippen LogP contribution in [0, 0.1) is 0 Å². The topological polar surface area (TPSA) is 37.8 Å². The Labute approximate surface area is 87.1 Å². The molecule has 1 aromatic heterocycles. The Hall–Kier alpha value is -0.640. The van der Waals surface area contributed by atoms with Gasteiger partial charge >= 0.3 is 0 Å². The summed E-state index contributed by atoms with van der Waals surface area (Å²) >= 11 is 3.36. The van der Waals surface area contributed by atoms with E-state index in [-0.39, 0.29) is 0 Å². The Balaban J connectivity index is 2.96. The monoisotopic (exact) mass is 243 g/mol. The molecule has 1 aromatic rings. The van der Waals surface area contributed by atoms with E-state index < -0.39 is 0 Å². The zero-order chi connectivity index (χ0) is 9.84. The standard InChI is InChI=1S/C9H14BrN3/c1-4-11-8-5-7(10)12-9(13-8)6(2)3/h5-6H,4H2,1-3H3,(H,11,12,13). The van der Waals surface area contributed by atoms with E-state index in [0.717, 1.165) is 22.8 Å². The van der Waals surface area contributed by atoms with Crippen LogP contribution in [0.15, 0.2) is 10.7 Å². The molecule has 1 N–H and O–H groups in total. The highest BCUT2D eigenvalue weighted by atomic mass is 79.9. The van der Waals surface area contributed by atoms with Gasteiger partial charge in [-0.3, -0.25) is 0 Å². The van der Waals surface area contributed by atoms with Crippen molar-refractivity contribution in [3.63, 3.8) is 0 Å². The molecule has 13 heavy (non-hydrogen) atoms. The smallest absolute Gasteiger partial charge is 0.134 e. The van der Waals surface area contributed by atoms with Gasteiger partial charge in [-0.15, -0.1) is 0 Å². The maximum absolute atomic E-state index is 4.37. The Morgan fingerprint density at radius 1 is 1.46 bits per heavy atom. The summed E-state index contributed by atoms with van der Waals surface area (Å²) in [6.45, 7) is 7.08. The maximum Gasteiger partial charge on any atom is 0.134 e. The van der Waals surface area contributed by atoms with Crippen LogP contribution in [0.1, 0.15) is 32.5 Å². The molecular formula is C9H14BrN3. The van der Waals surface area contributed by atoms with Crippen molar-refractivity contribution in [3.8, 4) is 0 Å². The molecule has 0 atom stereocenters. The lowest BCUT2D eigenvalue weighted by atomic mass is 10.2. The highest BCUT2D eigenvalue weighted by Crippen LogP contribution is 2.16. The number of nitrogens with one attached hydrogen (secondary N) is 1. The Kier molecular flexibility index (Phi) is 3.66. The lowest BCUT2D eigenvalue weighted by molar-refractivity contribution is 0.770. The molecule has 1 rings (SSSR count). The third kappa shape index (κ3) is 2.95. The highest BCUT2D eigenvalue weighted by Gasteiger charge is 2.05. The number of halogens is 1. The molecule has 0 spiro atoms. The first kappa shape index (κ1) is 10.4. The van der Waals surface area contributed by atoms with Gasteiger partial charge in [-0.2, -0.15) is 0 Å². The van der Waals surface area contributed by atoms with Gasteiger partial charge in [0, 0.05) is 18.5 Å². The summed E-state index contributed by atoms with van der Waals surface area (Å²) in [5, 5.41) is 3.16. The summed E-state index contributed by atoms with van der Waals surface area (Å²) in [6, 6.07) is 1.88. The summed E-state index contributed by atoms with van der Waals surface area (Å²) in [4.78, 5) is 8.65. The van der Waals surface area contributed by atoms with Crippen molar-refractivity contribution in [2.45, 2.75) is 26.7 Å². The van der Waals surface area contributed by atoms with Gasteiger partial charge < -0.3 is 5.32 Å². The minimum atomic E-state index is 0.356. The molecule has 0 saturated heterocycles. The minimum absolute atomic E-state index is 0.356. The normalized spacial score (nSPS) is 10.5. The lowest BCUT2D eigenvalue weighted by Gasteiger charge is -2.07. The van der Waals surface area contributed by atoms with Crippen LogP contribution in [0.25, 0.3) is 0 Å². The van der Waals surface area contributed by atoms with E-state index in [4.69, 9.17) is 0 Å². The average Bonchev–Trinajstić information content (AvgIpc) is 2.03. The zero-order valence-corrected chi connectivity index (χ0v) is 9.72. The summed E-state index contributed by atoms with van der Waals surface area (Å²) in [5.74, 6) is 2.10. The second-order valence-corrected chi connectivity index (χ2v) is 3.93. The van der Waals surface area contributed by atoms with Crippen molar-refractivity contribution < 1.29 is 0 Å². The SMILES string of the molecule is CCNc1cc(Br)nc(C(C)C)n1. The molecule has 0 fully saturated rings. The van der Waals surface area contributed by atoms with Gasteiger partial charge in [0.15, 0.2) is 0 Å². The van der Waals surface area contributed by atoms with Gasteiger partial charge in [-0.25, -0.2) is 9.97 Å². The van der Waals surface area contributed by atoms with Crippen LogP contribution in [0.5, 0.6) is 0 Å².